The van der Waals surface area contributed by atoms with Gasteiger partial charge in [0.2, 0.25) is 11.8 Å². The van der Waals surface area contributed by atoms with E-state index in [-0.39, 0.29) is 23.1 Å². The Morgan fingerprint density at radius 1 is 1.00 bits per heavy atom. The molecule has 7 heteroatoms. The monoisotopic (exact) mass is 392 g/mol. The van der Waals surface area contributed by atoms with E-state index in [1.165, 1.54) is 0 Å². The third-order valence-corrected chi connectivity index (χ3v) is 5.62. The van der Waals surface area contributed by atoms with E-state index in [4.69, 9.17) is 11.6 Å². The highest BCUT2D eigenvalue weighted by molar-refractivity contribution is 6.30. The first-order valence-corrected chi connectivity index (χ1v) is 10.1. The molecule has 0 spiro atoms. The van der Waals surface area contributed by atoms with Gasteiger partial charge in [-0.3, -0.25) is 9.59 Å². The predicted octanol–water partition coefficient (Wildman–Crippen LogP) is 2.67. The lowest BCUT2D eigenvalue weighted by Gasteiger charge is -2.40. The summed E-state index contributed by atoms with van der Waals surface area (Å²) >= 11 is 5.90. The summed E-state index contributed by atoms with van der Waals surface area (Å²) in [6.07, 6.45) is 3.33. The number of piperidine rings is 1. The van der Waals surface area contributed by atoms with Crippen molar-refractivity contribution in [3.05, 3.63) is 23.4 Å². The Bertz CT molecular complexity index is 670. The summed E-state index contributed by atoms with van der Waals surface area (Å²) in [6, 6.07) is 3.77. The van der Waals surface area contributed by atoms with Gasteiger partial charge in [0.25, 0.3) is 0 Å². The van der Waals surface area contributed by atoms with E-state index in [0.29, 0.717) is 31.2 Å². The quantitative estimate of drug-likeness (QED) is 0.776. The standard InChI is InChI=1S/C20H29ClN4O2/c1-20(2,3)19(27)25-12-10-24(11-13-25)18(26)15-6-8-23(9-7-15)17-5-4-16(21)14-22-17/h4-5,14-15H,6-13H2,1-3H3. The first kappa shape index (κ1) is 19.9. The smallest absolute Gasteiger partial charge is 0.228 e. The molecule has 3 rings (SSSR count). The Balaban J connectivity index is 1.49. The van der Waals surface area contributed by atoms with Crippen LogP contribution in [0, 0.1) is 11.3 Å². The minimum Gasteiger partial charge on any atom is -0.357 e. The minimum atomic E-state index is -0.366. The number of piperazine rings is 1. The molecule has 2 fully saturated rings. The lowest BCUT2D eigenvalue weighted by molar-refractivity contribution is -0.146. The van der Waals surface area contributed by atoms with Crippen LogP contribution in [-0.4, -0.2) is 65.9 Å². The van der Waals surface area contributed by atoms with Crippen LogP contribution in [0.4, 0.5) is 5.82 Å². The van der Waals surface area contributed by atoms with Crippen LogP contribution < -0.4 is 4.90 Å². The van der Waals surface area contributed by atoms with E-state index in [1.54, 1.807) is 6.20 Å². The normalized spacial score (nSPS) is 19.3. The number of carbonyl (C=O) groups is 2. The highest BCUT2D eigenvalue weighted by Gasteiger charge is 2.34. The van der Waals surface area contributed by atoms with Crippen molar-refractivity contribution in [2.75, 3.05) is 44.2 Å². The molecule has 0 aliphatic carbocycles. The van der Waals surface area contributed by atoms with Gasteiger partial charge in [-0.15, -0.1) is 0 Å². The number of rotatable bonds is 2. The molecule has 2 aliphatic heterocycles. The van der Waals surface area contributed by atoms with E-state index in [9.17, 15) is 9.59 Å². The molecule has 2 amide bonds. The lowest BCUT2D eigenvalue weighted by atomic mass is 9.93. The van der Waals surface area contributed by atoms with Crippen molar-refractivity contribution in [3.8, 4) is 0 Å². The third kappa shape index (κ3) is 4.72. The molecule has 27 heavy (non-hydrogen) atoms. The van der Waals surface area contributed by atoms with E-state index in [0.717, 1.165) is 31.7 Å². The van der Waals surface area contributed by atoms with Gasteiger partial charge in [-0.1, -0.05) is 32.4 Å². The number of hydrogen-bond acceptors (Lipinski definition) is 4. The maximum absolute atomic E-state index is 12.9. The summed E-state index contributed by atoms with van der Waals surface area (Å²) < 4.78 is 0. The molecule has 0 N–H and O–H groups in total. The summed E-state index contributed by atoms with van der Waals surface area (Å²) in [4.78, 5) is 35.7. The number of carbonyl (C=O) groups excluding carboxylic acids is 2. The first-order valence-electron chi connectivity index (χ1n) is 9.70. The van der Waals surface area contributed by atoms with E-state index < -0.39 is 0 Å². The second-order valence-electron chi connectivity index (χ2n) is 8.46. The third-order valence-electron chi connectivity index (χ3n) is 5.40. The average molecular weight is 393 g/mol. The zero-order valence-corrected chi connectivity index (χ0v) is 17.2. The van der Waals surface area contributed by atoms with Gasteiger partial charge in [-0.05, 0) is 25.0 Å². The number of aromatic nitrogens is 1. The molecule has 0 unspecified atom stereocenters. The van der Waals surface area contributed by atoms with Gasteiger partial charge in [0, 0.05) is 56.8 Å². The van der Waals surface area contributed by atoms with Crippen molar-refractivity contribution in [1.29, 1.82) is 0 Å². The topological polar surface area (TPSA) is 56.8 Å². The Morgan fingerprint density at radius 3 is 2.11 bits per heavy atom. The average Bonchev–Trinajstić information content (AvgIpc) is 2.67. The molecule has 0 saturated carbocycles. The number of anilines is 1. The van der Waals surface area contributed by atoms with Crippen LogP contribution in [0.2, 0.25) is 5.02 Å². The van der Waals surface area contributed by atoms with Gasteiger partial charge in [-0.2, -0.15) is 0 Å². The van der Waals surface area contributed by atoms with Crippen LogP contribution in [0.5, 0.6) is 0 Å². The summed E-state index contributed by atoms with van der Waals surface area (Å²) in [5.74, 6) is 1.39. The molecule has 1 aromatic rings. The molecular weight excluding hydrogens is 364 g/mol. The summed E-state index contributed by atoms with van der Waals surface area (Å²) in [7, 11) is 0. The summed E-state index contributed by atoms with van der Waals surface area (Å²) in [6.45, 7) is 10.0. The van der Waals surface area contributed by atoms with Crippen LogP contribution in [-0.2, 0) is 9.59 Å². The molecule has 0 aromatic carbocycles. The highest BCUT2D eigenvalue weighted by atomic mass is 35.5. The van der Waals surface area contributed by atoms with E-state index in [2.05, 4.69) is 9.88 Å². The predicted molar refractivity (Wildman–Crippen MR) is 107 cm³/mol. The molecule has 2 saturated heterocycles. The maximum Gasteiger partial charge on any atom is 0.228 e. The fourth-order valence-corrected chi connectivity index (χ4v) is 3.88. The highest BCUT2D eigenvalue weighted by Crippen LogP contribution is 2.25. The van der Waals surface area contributed by atoms with Crippen LogP contribution in [0.1, 0.15) is 33.6 Å². The largest absolute Gasteiger partial charge is 0.357 e. The zero-order chi connectivity index (χ0) is 19.6. The maximum atomic E-state index is 12.9. The van der Waals surface area contributed by atoms with Gasteiger partial charge in [0.15, 0.2) is 0 Å². The molecular formula is C20H29ClN4O2. The van der Waals surface area contributed by atoms with Gasteiger partial charge < -0.3 is 14.7 Å². The van der Waals surface area contributed by atoms with Gasteiger partial charge >= 0.3 is 0 Å². The van der Waals surface area contributed by atoms with Gasteiger partial charge in [0.05, 0.1) is 5.02 Å². The number of amides is 2. The lowest BCUT2D eigenvalue weighted by Crippen LogP contribution is -2.54. The fourth-order valence-electron chi connectivity index (χ4n) is 3.77. The van der Waals surface area contributed by atoms with Crippen LogP contribution in [0.15, 0.2) is 18.3 Å². The Kier molecular flexibility index (Phi) is 5.94. The molecule has 148 valence electrons. The Labute approximate surface area is 166 Å². The summed E-state index contributed by atoms with van der Waals surface area (Å²) in [5.41, 5.74) is -0.366. The van der Waals surface area contributed by atoms with Crippen molar-refractivity contribution in [1.82, 2.24) is 14.8 Å². The molecule has 2 aliphatic rings. The van der Waals surface area contributed by atoms with Crippen LogP contribution >= 0.6 is 11.6 Å². The molecule has 0 radical (unpaired) electrons. The zero-order valence-electron chi connectivity index (χ0n) is 16.4. The molecule has 0 atom stereocenters. The number of hydrogen-bond donors (Lipinski definition) is 0. The van der Waals surface area contributed by atoms with Crippen molar-refractivity contribution < 1.29 is 9.59 Å². The number of halogens is 1. The Morgan fingerprint density at radius 2 is 1.59 bits per heavy atom. The van der Waals surface area contributed by atoms with Crippen LogP contribution in [0.3, 0.4) is 0 Å². The molecule has 0 bridgehead atoms. The van der Waals surface area contributed by atoms with Gasteiger partial charge in [-0.25, -0.2) is 4.98 Å². The van der Waals surface area contributed by atoms with Crippen molar-refractivity contribution >= 4 is 29.2 Å². The number of nitrogens with zero attached hydrogens (tertiary/aromatic N) is 4. The van der Waals surface area contributed by atoms with Crippen molar-refractivity contribution in [2.24, 2.45) is 11.3 Å². The van der Waals surface area contributed by atoms with E-state index in [1.807, 2.05) is 42.7 Å². The molecule has 6 nitrogen and oxygen atoms in total. The molecule has 3 heterocycles. The van der Waals surface area contributed by atoms with Crippen molar-refractivity contribution in [2.45, 2.75) is 33.6 Å². The van der Waals surface area contributed by atoms with E-state index >= 15 is 0 Å². The van der Waals surface area contributed by atoms with Crippen molar-refractivity contribution in [3.63, 3.8) is 0 Å². The minimum absolute atomic E-state index is 0.0680. The second kappa shape index (κ2) is 8.05. The fraction of sp³-hybridized carbons (Fsp3) is 0.650. The SMILES string of the molecule is CC(C)(C)C(=O)N1CCN(C(=O)C2CCN(c3ccc(Cl)cn3)CC2)CC1. The Hall–Kier alpha value is -1.82. The summed E-state index contributed by atoms with van der Waals surface area (Å²) in [5, 5.41) is 0.632. The first-order chi connectivity index (χ1) is 12.8. The number of pyridine rings is 1. The molecule has 1 aromatic heterocycles. The second-order valence-corrected chi connectivity index (χ2v) is 8.90. The van der Waals surface area contributed by atoms with Crippen LogP contribution in [0.25, 0.3) is 0 Å². The van der Waals surface area contributed by atoms with Gasteiger partial charge in [0.1, 0.15) is 5.82 Å².